The van der Waals surface area contributed by atoms with Crippen LogP contribution in [0.5, 0.6) is 0 Å². The largest absolute Gasteiger partial charge is 0.419 e. The van der Waals surface area contributed by atoms with Crippen molar-refractivity contribution < 1.29 is 26.7 Å². The monoisotopic (exact) mass is 476 g/mol. The second-order valence-corrected chi connectivity index (χ2v) is 12.5. The smallest absolute Gasteiger partial charge is 0.392 e. The van der Waals surface area contributed by atoms with Gasteiger partial charge in [-0.15, -0.1) is 0 Å². The fourth-order valence-corrected chi connectivity index (χ4v) is 8.48. The van der Waals surface area contributed by atoms with Gasteiger partial charge in [-0.3, -0.25) is 0 Å². The standard InChI is InChI=1S/C21H31F3N4O3S/c1-14-12-27(7-8-28(14)17-25-10-15(11-26-17)21(22,23)24)32(30,31)13-20-6-5-19(4,9-16(20)29)18(20,2)3/h10-11,14,16,29H,5-9,12-13H2,1-4H3/t14-,16-,19+,20+/m0/s1. The molecule has 1 aromatic heterocycles. The van der Waals surface area contributed by atoms with Gasteiger partial charge >= 0.3 is 6.18 Å². The second-order valence-electron chi connectivity index (χ2n) is 10.5. The van der Waals surface area contributed by atoms with E-state index in [0.29, 0.717) is 12.8 Å². The third-order valence-electron chi connectivity index (χ3n) is 8.80. The first kappa shape index (κ1) is 23.7. The third-order valence-corrected chi connectivity index (χ3v) is 10.8. The molecule has 1 N–H and O–H groups in total. The van der Waals surface area contributed by atoms with Crippen molar-refractivity contribution >= 4 is 16.0 Å². The Kier molecular flexibility index (Phi) is 5.38. The van der Waals surface area contributed by atoms with E-state index >= 15 is 0 Å². The minimum Gasteiger partial charge on any atom is -0.392 e. The maximum atomic E-state index is 13.4. The maximum Gasteiger partial charge on any atom is 0.419 e. The molecular formula is C21H31F3N4O3S. The van der Waals surface area contributed by atoms with E-state index in [1.165, 1.54) is 4.31 Å². The number of aliphatic hydroxyl groups excluding tert-OH is 1. The molecule has 1 aromatic rings. The SMILES string of the molecule is C[C@H]1CN(S(=O)(=O)C[C@]23CC[C@](C)(C[C@@H]2O)C3(C)C)CCN1c1ncc(C(F)(F)F)cn1. The molecule has 2 bridgehead atoms. The zero-order chi connectivity index (χ0) is 23.7. The topological polar surface area (TPSA) is 86.6 Å². The summed E-state index contributed by atoms with van der Waals surface area (Å²) in [4.78, 5) is 9.43. The van der Waals surface area contributed by atoms with Crippen LogP contribution in [0.4, 0.5) is 19.1 Å². The first-order valence-corrected chi connectivity index (χ1v) is 12.6. The Balaban J connectivity index is 1.49. The summed E-state index contributed by atoms with van der Waals surface area (Å²) in [6, 6.07) is -0.303. The molecule has 1 saturated heterocycles. The normalized spacial score (nSPS) is 35.4. The van der Waals surface area contributed by atoms with Crippen molar-refractivity contribution in [1.29, 1.82) is 0 Å². The number of fused-ring (bicyclic) bond motifs is 2. The van der Waals surface area contributed by atoms with Crippen LogP contribution in [0.2, 0.25) is 0 Å². The van der Waals surface area contributed by atoms with Crippen LogP contribution in [0.1, 0.15) is 52.5 Å². The first-order chi connectivity index (χ1) is 14.6. The minimum absolute atomic E-state index is 0.0756. The molecule has 4 rings (SSSR count). The number of hydrogen-bond donors (Lipinski definition) is 1. The van der Waals surface area contributed by atoms with E-state index in [0.717, 1.165) is 18.8 Å². The molecule has 0 amide bonds. The number of aliphatic hydroxyl groups is 1. The van der Waals surface area contributed by atoms with E-state index in [-0.39, 0.29) is 48.2 Å². The number of anilines is 1. The summed E-state index contributed by atoms with van der Waals surface area (Å²) in [6.45, 7) is 8.77. The van der Waals surface area contributed by atoms with Crippen molar-refractivity contribution in [2.75, 3.05) is 30.3 Å². The van der Waals surface area contributed by atoms with Gasteiger partial charge in [0.25, 0.3) is 0 Å². The average Bonchev–Trinajstić information content (AvgIpc) is 2.96. The maximum absolute atomic E-state index is 13.4. The van der Waals surface area contributed by atoms with Crippen LogP contribution in [0, 0.1) is 16.2 Å². The van der Waals surface area contributed by atoms with E-state index in [2.05, 4.69) is 30.7 Å². The summed E-state index contributed by atoms with van der Waals surface area (Å²) in [6.07, 6.45) is -1.45. The Morgan fingerprint density at radius 2 is 1.78 bits per heavy atom. The quantitative estimate of drug-likeness (QED) is 0.719. The highest BCUT2D eigenvalue weighted by molar-refractivity contribution is 7.89. The van der Waals surface area contributed by atoms with Crippen LogP contribution < -0.4 is 4.90 Å². The van der Waals surface area contributed by atoms with Gasteiger partial charge in [-0.1, -0.05) is 20.8 Å². The molecule has 2 heterocycles. The molecule has 0 aromatic carbocycles. The van der Waals surface area contributed by atoms with Gasteiger partial charge < -0.3 is 10.0 Å². The lowest BCUT2D eigenvalue weighted by Gasteiger charge is -2.44. The zero-order valence-electron chi connectivity index (χ0n) is 18.9. The number of rotatable bonds is 4. The van der Waals surface area contributed by atoms with Crippen LogP contribution in [0.3, 0.4) is 0 Å². The summed E-state index contributed by atoms with van der Waals surface area (Å²) in [5.74, 6) is 0.0628. The Morgan fingerprint density at radius 1 is 1.16 bits per heavy atom. The fourth-order valence-electron chi connectivity index (χ4n) is 6.14. The molecule has 11 heteroatoms. The number of hydrogen-bond acceptors (Lipinski definition) is 6. The van der Waals surface area contributed by atoms with Crippen molar-refractivity contribution in [2.24, 2.45) is 16.2 Å². The van der Waals surface area contributed by atoms with Gasteiger partial charge in [0.15, 0.2) is 0 Å². The summed E-state index contributed by atoms with van der Waals surface area (Å²) >= 11 is 0. The summed E-state index contributed by atoms with van der Waals surface area (Å²) in [7, 11) is -3.65. The van der Waals surface area contributed by atoms with E-state index in [1.54, 1.807) is 4.90 Å². The van der Waals surface area contributed by atoms with Crippen molar-refractivity contribution in [3.8, 4) is 0 Å². The molecular weight excluding hydrogens is 445 g/mol. The van der Waals surface area contributed by atoms with Crippen LogP contribution in [-0.4, -0.2) is 65.3 Å². The highest BCUT2D eigenvalue weighted by Crippen LogP contribution is 2.72. The van der Waals surface area contributed by atoms with Crippen LogP contribution in [0.15, 0.2) is 12.4 Å². The molecule has 0 spiro atoms. The Labute approximate surface area is 187 Å². The average molecular weight is 477 g/mol. The van der Waals surface area contributed by atoms with Crippen molar-refractivity contribution in [3.05, 3.63) is 18.0 Å². The van der Waals surface area contributed by atoms with Gasteiger partial charge in [-0.2, -0.15) is 17.5 Å². The second kappa shape index (κ2) is 7.27. The van der Waals surface area contributed by atoms with Gasteiger partial charge in [-0.25, -0.2) is 18.4 Å². The minimum atomic E-state index is -4.51. The lowest BCUT2D eigenvalue weighted by Crippen LogP contribution is -2.56. The van der Waals surface area contributed by atoms with E-state index in [9.17, 15) is 26.7 Å². The summed E-state index contributed by atoms with van der Waals surface area (Å²) in [5.41, 5.74) is -1.96. The van der Waals surface area contributed by atoms with Crippen molar-refractivity contribution in [1.82, 2.24) is 14.3 Å². The molecule has 3 fully saturated rings. The van der Waals surface area contributed by atoms with E-state index in [1.807, 2.05) is 6.92 Å². The molecule has 3 aliphatic rings. The predicted molar refractivity (Wildman–Crippen MR) is 113 cm³/mol. The predicted octanol–water partition coefficient (Wildman–Crippen LogP) is 2.91. The molecule has 0 unspecified atom stereocenters. The van der Waals surface area contributed by atoms with Crippen LogP contribution >= 0.6 is 0 Å². The van der Waals surface area contributed by atoms with Gasteiger partial charge in [0.2, 0.25) is 16.0 Å². The van der Waals surface area contributed by atoms with Gasteiger partial charge in [0.1, 0.15) is 0 Å². The highest BCUT2D eigenvalue weighted by Gasteiger charge is 2.70. The summed E-state index contributed by atoms with van der Waals surface area (Å²) < 4.78 is 66.7. The van der Waals surface area contributed by atoms with Gasteiger partial charge in [0, 0.05) is 43.5 Å². The number of aromatic nitrogens is 2. The van der Waals surface area contributed by atoms with Crippen molar-refractivity contribution in [3.63, 3.8) is 0 Å². The van der Waals surface area contributed by atoms with Gasteiger partial charge in [0.05, 0.1) is 17.4 Å². The Bertz CT molecular complexity index is 985. The lowest BCUT2D eigenvalue weighted by atomic mass is 9.65. The first-order valence-electron chi connectivity index (χ1n) is 10.9. The molecule has 0 radical (unpaired) electrons. The molecule has 1 aliphatic heterocycles. The number of nitrogens with zero attached hydrogens (tertiary/aromatic N) is 4. The number of alkyl halides is 3. The van der Waals surface area contributed by atoms with Crippen molar-refractivity contribution in [2.45, 2.75) is 65.3 Å². The molecule has 32 heavy (non-hydrogen) atoms. The third kappa shape index (κ3) is 3.42. The van der Waals surface area contributed by atoms with Crippen LogP contribution in [-0.2, 0) is 16.2 Å². The summed E-state index contributed by atoms with van der Waals surface area (Å²) in [5, 5.41) is 10.9. The Morgan fingerprint density at radius 3 is 2.25 bits per heavy atom. The fraction of sp³-hybridized carbons (Fsp3) is 0.810. The highest BCUT2D eigenvalue weighted by atomic mass is 32.2. The molecule has 2 aliphatic carbocycles. The number of sulfonamides is 1. The molecule has 4 atom stereocenters. The molecule has 7 nitrogen and oxygen atoms in total. The molecule has 2 saturated carbocycles. The van der Waals surface area contributed by atoms with E-state index in [4.69, 9.17) is 0 Å². The molecule has 180 valence electrons. The van der Waals surface area contributed by atoms with E-state index < -0.39 is 33.3 Å². The number of halogens is 3. The Hall–Kier alpha value is -1.46. The lowest BCUT2D eigenvalue weighted by molar-refractivity contribution is -0.138. The van der Waals surface area contributed by atoms with Crippen LogP contribution in [0.25, 0.3) is 0 Å². The zero-order valence-corrected chi connectivity index (χ0v) is 19.7. The number of piperazine rings is 1. The van der Waals surface area contributed by atoms with Gasteiger partial charge in [-0.05, 0) is 37.0 Å².